The summed E-state index contributed by atoms with van der Waals surface area (Å²) >= 11 is 0. The largest absolute Gasteiger partial charge is 0.348 e. The normalized spacial score (nSPS) is 15.9. The molecule has 0 bridgehead atoms. The third-order valence-corrected chi connectivity index (χ3v) is 5.73. The third kappa shape index (κ3) is 3.91. The summed E-state index contributed by atoms with van der Waals surface area (Å²) < 4.78 is 28.4. The number of hydrogen-bond acceptors (Lipinski definition) is 4. The second kappa shape index (κ2) is 8.37. The second-order valence-corrected chi connectivity index (χ2v) is 7.82. The molecule has 0 aliphatic carbocycles. The minimum absolute atomic E-state index is 0.0231. The predicted molar refractivity (Wildman–Crippen MR) is 116 cm³/mol. The fraction of sp³-hybridized carbons (Fsp3) is 0.208. The average molecular weight is 433 g/mol. The first-order chi connectivity index (χ1) is 15.6. The van der Waals surface area contributed by atoms with E-state index in [1.807, 2.05) is 18.2 Å². The molecular formula is C24H21F2N5O. The lowest BCUT2D eigenvalue weighted by atomic mass is 10.0. The zero-order chi connectivity index (χ0) is 22.1. The molecule has 1 amide bonds. The SMILES string of the molecule is O=C(NCc1ccc(F)cc1)c1cnc2ccc(N3CCCC3c3cccc(F)c3)nn12. The maximum Gasteiger partial charge on any atom is 0.271 e. The number of carbonyl (C=O) groups is 1. The second-order valence-electron chi connectivity index (χ2n) is 7.82. The molecule has 0 spiro atoms. The van der Waals surface area contributed by atoms with Crippen LogP contribution in [0.25, 0.3) is 5.65 Å². The fourth-order valence-electron chi connectivity index (χ4n) is 4.15. The molecule has 6 nitrogen and oxygen atoms in total. The van der Waals surface area contributed by atoms with Crippen LogP contribution in [0.3, 0.4) is 0 Å². The van der Waals surface area contributed by atoms with Crippen molar-refractivity contribution >= 4 is 17.4 Å². The van der Waals surface area contributed by atoms with Gasteiger partial charge in [-0.2, -0.15) is 0 Å². The van der Waals surface area contributed by atoms with Gasteiger partial charge in [0, 0.05) is 13.1 Å². The standard InChI is InChI=1S/C24H21F2N5O/c25-18-8-6-16(7-9-18)14-28-24(32)21-15-27-22-10-11-23(29-31(21)22)30-12-2-5-20(30)17-3-1-4-19(26)13-17/h1,3-4,6-11,13,15,20H,2,5,12,14H2,(H,28,32). The molecule has 3 heterocycles. The number of aromatic nitrogens is 3. The first-order valence-electron chi connectivity index (χ1n) is 10.5. The molecule has 1 atom stereocenters. The predicted octanol–water partition coefficient (Wildman–Crippen LogP) is 4.28. The lowest BCUT2D eigenvalue weighted by Crippen LogP contribution is -2.26. The number of amides is 1. The molecule has 1 fully saturated rings. The summed E-state index contributed by atoms with van der Waals surface area (Å²) in [6.45, 7) is 1.06. The molecule has 162 valence electrons. The summed E-state index contributed by atoms with van der Waals surface area (Å²) in [6, 6.07) is 16.3. The van der Waals surface area contributed by atoms with Crippen LogP contribution < -0.4 is 10.2 Å². The Bertz CT molecular complexity index is 1270. The van der Waals surface area contributed by atoms with E-state index in [1.54, 1.807) is 24.3 Å². The Kier molecular flexibility index (Phi) is 5.26. The van der Waals surface area contributed by atoms with Gasteiger partial charge in [-0.05, 0) is 60.4 Å². The van der Waals surface area contributed by atoms with E-state index in [0.29, 0.717) is 17.2 Å². The molecule has 0 saturated carbocycles. The summed E-state index contributed by atoms with van der Waals surface area (Å²) in [5, 5.41) is 7.50. The van der Waals surface area contributed by atoms with E-state index in [-0.39, 0.29) is 30.1 Å². The topological polar surface area (TPSA) is 62.5 Å². The van der Waals surface area contributed by atoms with Gasteiger partial charge in [-0.25, -0.2) is 18.3 Å². The van der Waals surface area contributed by atoms with Gasteiger partial charge >= 0.3 is 0 Å². The Morgan fingerprint density at radius 1 is 1.06 bits per heavy atom. The number of hydrogen-bond donors (Lipinski definition) is 1. The monoisotopic (exact) mass is 433 g/mol. The molecule has 2 aromatic carbocycles. The number of rotatable bonds is 5. The molecule has 1 N–H and O–H groups in total. The van der Waals surface area contributed by atoms with E-state index < -0.39 is 0 Å². The zero-order valence-corrected chi connectivity index (χ0v) is 17.2. The highest BCUT2D eigenvalue weighted by Crippen LogP contribution is 2.35. The summed E-state index contributed by atoms with van der Waals surface area (Å²) in [7, 11) is 0. The van der Waals surface area contributed by atoms with Gasteiger partial charge < -0.3 is 10.2 Å². The summed E-state index contributed by atoms with van der Waals surface area (Å²) in [5.41, 5.74) is 2.57. The summed E-state index contributed by atoms with van der Waals surface area (Å²) in [6.07, 6.45) is 3.36. The zero-order valence-electron chi connectivity index (χ0n) is 17.2. The highest BCUT2D eigenvalue weighted by atomic mass is 19.1. The van der Waals surface area contributed by atoms with Crippen molar-refractivity contribution in [2.75, 3.05) is 11.4 Å². The highest BCUT2D eigenvalue weighted by Gasteiger charge is 2.28. The van der Waals surface area contributed by atoms with Crippen molar-refractivity contribution in [1.82, 2.24) is 19.9 Å². The van der Waals surface area contributed by atoms with Gasteiger partial charge in [0.2, 0.25) is 0 Å². The quantitative estimate of drug-likeness (QED) is 0.510. The van der Waals surface area contributed by atoms with Crippen molar-refractivity contribution in [2.45, 2.75) is 25.4 Å². The van der Waals surface area contributed by atoms with E-state index in [9.17, 15) is 13.6 Å². The van der Waals surface area contributed by atoms with Gasteiger partial charge in [0.1, 0.15) is 17.5 Å². The molecule has 1 unspecified atom stereocenters. The molecule has 1 aliphatic heterocycles. The molecule has 4 aromatic rings. The number of anilines is 1. The summed E-state index contributed by atoms with van der Waals surface area (Å²) in [4.78, 5) is 19.2. The van der Waals surface area contributed by atoms with Crippen LogP contribution in [0, 0.1) is 11.6 Å². The Morgan fingerprint density at radius 3 is 2.72 bits per heavy atom. The van der Waals surface area contributed by atoms with Crippen LogP contribution in [-0.4, -0.2) is 27.0 Å². The lowest BCUT2D eigenvalue weighted by molar-refractivity contribution is 0.0944. The molecule has 2 aromatic heterocycles. The van der Waals surface area contributed by atoms with Gasteiger partial charge in [-0.3, -0.25) is 4.79 Å². The Balaban J connectivity index is 1.39. The molecule has 32 heavy (non-hydrogen) atoms. The Labute approximate surface area is 183 Å². The molecular weight excluding hydrogens is 412 g/mol. The molecule has 1 saturated heterocycles. The number of nitrogens with zero attached hydrogens (tertiary/aromatic N) is 4. The van der Waals surface area contributed by atoms with E-state index >= 15 is 0 Å². The fourth-order valence-corrected chi connectivity index (χ4v) is 4.15. The maximum atomic E-state index is 13.8. The van der Waals surface area contributed by atoms with Crippen molar-refractivity contribution in [3.05, 3.63) is 95.3 Å². The van der Waals surface area contributed by atoms with Gasteiger partial charge in [-0.15, -0.1) is 5.10 Å². The minimum atomic E-state index is -0.324. The first-order valence-corrected chi connectivity index (χ1v) is 10.5. The van der Waals surface area contributed by atoms with E-state index in [2.05, 4.69) is 20.3 Å². The van der Waals surface area contributed by atoms with Gasteiger partial charge in [0.05, 0.1) is 12.2 Å². The smallest absolute Gasteiger partial charge is 0.271 e. The van der Waals surface area contributed by atoms with E-state index in [1.165, 1.54) is 28.9 Å². The third-order valence-electron chi connectivity index (χ3n) is 5.73. The van der Waals surface area contributed by atoms with E-state index in [4.69, 9.17) is 0 Å². The molecule has 1 aliphatic rings. The molecule has 0 radical (unpaired) electrons. The van der Waals surface area contributed by atoms with Crippen molar-refractivity contribution in [1.29, 1.82) is 0 Å². The number of fused-ring (bicyclic) bond motifs is 1. The Hall–Kier alpha value is -3.81. The van der Waals surface area contributed by atoms with Crippen molar-refractivity contribution in [2.24, 2.45) is 0 Å². The van der Waals surface area contributed by atoms with Crippen LogP contribution in [-0.2, 0) is 6.54 Å². The number of imidazole rings is 1. The molecule has 5 rings (SSSR count). The van der Waals surface area contributed by atoms with Crippen LogP contribution in [0.4, 0.5) is 14.6 Å². The maximum absolute atomic E-state index is 13.8. The molecule has 8 heteroatoms. The highest BCUT2D eigenvalue weighted by molar-refractivity contribution is 5.93. The van der Waals surface area contributed by atoms with Crippen LogP contribution in [0.5, 0.6) is 0 Å². The number of nitrogens with one attached hydrogen (secondary N) is 1. The first kappa shape index (κ1) is 20.1. The van der Waals surface area contributed by atoms with Crippen molar-refractivity contribution < 1.29 is 13.6 Å². The Morgan fingerprint density at radius 2 is 1.91 bits per heavy atom. The van der Waals surface area contributed by atoms with Gasteiger partial charge in [0.25, 0.3) is 5.91 Å². The van der Waals surface area contributed by atoms with Crippen molar-refractivity contribution in [3.63, 3.8) is 0 Å². The van der Waals surface area contributed by atoms with Gasteiger partial charge in [0.15, 0.2) is 11.3 Å². The van der Waals surface area contributed by atoms with Crippen LogP contribution >= 0.6 is 0 Å². The van der Waals surface area contributed by atoms with Crippen molar-refractivity contribution in [3.8, 4) is 0 Å². The van der Waals surface area contributed by atoms with E-state index in [0.717, 1.165) is 30.5 Å². The van der Waals surface area contributed by atoms with Crippen LogP contribution in [0.15, 0.2) is 66.9 Å². The number of benzene rings is 2. The van der Waals surface area contributed by atoms with Crippen LogP contribution in [0.1, 0.15) is 40.5 Å². The number of carbonyl (C=O) groups excluding carboxylic acids is 1. The van der Waals surface area contributed by atoms with Gasteiger partial charge in [-0.1, -0.05) is 24.3 Å². The average Bonchev–Trinajstić information content (AvgIpc) is 3.45. The number of halogens is 2. The lowest BCUT2D eigenvalue weighted by Gasteiger charge is -2.26. The van der Waals surface area contributed by atoms with Crippen LogP contribution in [0.2, 0.25) is 0 Å². The summed E-state index contributed by atoms with van der Waals surface area (Å²) in [5.74, 6) is -0.200. The minimum Gasteiger partial charge on any atom is -0.348 e.